The van der Waals surface area contributed by atoms with Crippen LogP contribution in [0.5, 0.6) is 17.2 Å². The first-order valence-electron chi connectivity index (χ1n) is 8.73. The third-order valence-corrected chi connectivity index (χ3v) is 4.26. The average Bonchev–Trinajstić information content (AvgIpc) is 3.06. The highest BCUT2D eigenvalue weighted by atomic mass is 16.5. The minimum atomic E-state index is -0.514. The van der Waals surface area contributed by atoms with E-state index in [-0.39, 0.29) is 6.10 Å². The van der Waals surface area contributed by atoms with Crippen LogP contribution in [0.4, 0.5) is 0 Å². The molecule has 26 heavy (non-hydrogen) atoms. The number of benzene rings is 1. The van der Waals surface area contributed by atoms with Gasteiger partial charge in [-0.2, -0.15) is 0 Å². The summed E-state index contributed by atoms with van der Waals surface area (Å²) in [6, 6.07) is 9.12. The van der Waals surface area contributed by atoms with Crippen LogP contribution >= 0.6 is 0 Å². The van der Waals surface area contributed by atoms with Gasteiger partial charge in [-0.05, 0) is 44.0 Å². The Hall–Kier alpha value is -3.02. The zero-order valence-corrected chi connectivity index (χ0v) is 15.2. The summed E-state index contributed by atoms with van der Waals surface area (Å²) in [5, 5.41) is 0.803. The Morgan fingerprint density at radius 2 is 1.96 bits per heavy atom. The van der Waals surface area contributed by atoms with Crippen molar-refractivity contribution in [3.8, 4) is 17.2 Å². The van der Waals surface area contributed by atoms with E-state index in [4.69, 9.17) is 15.2 Å². The molecule has 6 heteroatoms. The zero-order valence-electron chi connectivity index (χ0n) is 15.2. The summed E-state index contributed by atoms with van der Waals surface area (Å²) in [6.07, 6.45) is 3.52. The normalized spacial score (nSPS) is 11.1. The number of nitrogens with zero attached hydrogens (tertiary/aromatic N) is 1. The van der Waals surface area contributed by atoms with E-state index in [0.717, 1.165) is 29.4 Å². The Balaban J connectivity index is 2.02. The fourth-order valence-corrected chi connectivity index (χ4v) is 2.75. The largest absolute Gasteiger partial charge is 0.488 e. The Labute approximate surface area is 152 Å². The van der Waals surface area contributed by atoms with Crippen LogP contribution in [-0.4, -0.2) is 22.0 Å². The second kappa shape index (κ2) is 7.47. The number of nitrogens with two attached hydrogens (primary N) is 1. The summed E-state index contributed by atoms with van der Waals surface area (Å²) >= 11 is 0. The van der Waals surface area contributed by atoms with Gasteiger partial charge in [0.2, 0.25) is 0 Å². The lowest BCUT2D eigenvalue weighted by atomic mass is 10.2. The van der Waals surface area contributed by atoms with Crippen LogP contribution in [0.25, 0.3) is 10.9 Å². The number of fused-ring (bicyclic) bond motifs is 1. The predicted molar refractivity (Wildman–Crippen MR) is 101 cm³/mol. The molecule has 0 unspecified atom stereocenters. The number of carbonyl (C=O) groups is 1. The van der Waals surface area contributed by atoms with E-state index in [9.17, 15) is 4.79 Å². The Bertz CT molecular complexity index is 912. The number of aromatic nitrogens is 2. The molecule has 1 aromatic carbocycles. The molecule has 0 aliphatic carbocycles. The van der Waals surface area contributed by atoms with Gasteiger partial charge in [-0.1, -0.05) is 13.8 Å². The van der Waals surface area contributed by atoms with Crippen molar-refractivity contribution in [3.05, 3.63) is 47.9 Å². The number of primary amides is 1. The first kappa shape index (κ1) is 17.8. The fourth-order valence-electron chi connectivity index (χ4n) is 2.75. The van der Waals surface area contributed by atoms with Crippen LogP contribution in [0.1, 0.15) is 42.9 Å². The number of amides is 1. The van der Waals surface area contributed by atoms with Gasteiger partial charge in [0.05, 0.1) is 17.8 Å². The molecule has 3 rings (SSSR count). The van der Waals surface area contributed by atoms with Crippen molar-refractivity contribution in [3.63, 3.8) is 0 Å². The van der Waals surface area contributed by atoms with E-state index in [1.54, 1.807) is 12.3 Å². The maximum Gasteiger partial charge on any atom is 0.265 e. The van der Waals surface area contributed by atoms with E-state index >= 15 is 0 Å². The van der Waals surface area contributed by atoms with Crippen LogP contribution in [0.2, 0.25) is 0 Å². The van der Waals surface area contributed by atoms with E-state index in [1.165, 1.54) is 0 Å². The van der Waals surface area contributed by atoms with Crippen LogP contribution in [-0.2, 0) is 0 Å². The van der Waals surface area contributed by atoms with Crippen molar-refractivity contribution in [2.24, 2.45) is 5.73 Å². The molecule has 2 aromatic heterocycles. The highest BCUT2D eigenvalue weighted by Crippen LogP contribution is 2.34. The van der Waals surface area contributed by atoms with Gasteiger partial charge in [0.25, 0.3) is 5.91 Å². The van der Waals surface area contributed by atoms with Crippen molar-refractivity contribution in [2.75, 3.05) is 0 Å². The molecule has 0 radical (unpaired) electrons. The number of H-pyrrole nitrogens is 1. The molecule has 0 aliphatic rings. The molecule has 0 fully saturated rings. The Morgan fingerprint density at radius 3 is 2.58 bits per heavy atom. The van der Waals surface area contributed by atoms with Gasteiger partial charge < -0.3 is 20.2 Å². The van der Waals surface area contributed by atoms with Crippen LogP contribution in [0.3, 0.4) is 0 Å². The minimum absolute atomic E-state index is 0.0785. The topological polar surface area (TPSA) is 90.2 Å². The van der Waals surface area contributed by atoms with Crippen molar-refractivity contribution >= 4 is 16.8 Å². The SMILES string of the molecule is CCC(CC)Oc1cc(Oc2ccc(C)nc2)cc2cc(C(N)=O)[nH]c12. The maximum absolute atomic E-state index is 11.5. The number of nitrogens with one attached hydrogen (secondary N) is 1. The van der Waals surface area contributed by atoms with E-state index < -0.39 is 5.91 Å². The predicted octanol–water partition coefficient (Wildman–Crippen LogP) is 4.33. The highest BCUT2D eigenvalue weighted by Gasteiger charge is 2.15. The Morgan fingerprint density at radius 1 is 1.19 bits per heavy atom. The fraction of sp³-hybridized carbons (Fsp3) is 0.300. The summed E-state index contributed by atoms with van der Waals surface area (Å²) in [7, 11) is 0. The zero-order chi connectivity index (χ0) is 18.7. The van der Waals surface area contributed by atoms with Gasteiger partial charge >= 0.3 is 0 Å². The van der Waals surface area contributed by atoms with Crippen LogP contribution in [0, 0.1) is 6.92 Å². The molecule has 2 heterocycles. The van der Waals surface area contributed by atoms with Crippen molar-refractivity contribution in [1.82, 2.24) is 9.97 Å². The van der Waals surface area contributed by atoms with Gasteiger partial charge in [-0.25, -0.2) is 0 Å². The van der Waals surface area contributed by atoms with E-state index in [0.29, 0.717) is 22.9 Å². The number of pyridine rings is 1. The monoisotopic (exact) mass is 353 g/mol. The summed E-state index contributed by atoms with van der Waals surface area (Å²) in [5.41, 5.74) is 7.40. The first-order valence-corrected chi connectivity index (χ1v) is 8.73. The molecule has 0 saturated heterocycles. The summed E-state index contributed by atoms with van der Waals surface area (Å²) in [5.74, 6) is 1.37. The second-order valence-electron chi connectivity index (χ2n) is 6.23. The first-order chi connectivity index (χ1) is 12.5. The van der Waals surface area contributed by atoms with Crippen molar-refractivity contribution < 1.29 is 14.3 Å². The molecular formula is C20H23N3O3. The molecular weight excluding hydrogens is 330 g/mol. The molecule has 0 spiro atoms. The van der Waals surface area contributed by atoms with Crippen molar-refractivity contribution in [2.45, 2.75) is 39.7 Å². The number of rotatable bonds is 7. The van der Waals surface area contributed by atoms with Gasteiger partial charge in [0.1, 0.15) is 22.9 Å². The van der Waals surface area contributed by atoms with Gasteiger partial charge in [0.15, 0.2) is 0 Å². The van der Waals surface area contributed by atoms with Gasteiger partial charge in [-0.3, -0.25) is 9.78 Å². The molecule has 136 valence electrons. The summed E-state index contributed by atoms with van der Waals surface area (Å²) in [6.45, 7) is 6.07. The molecule has 1 amide bonds. The summed E-state index contributed by atoms with van der Waals surface area (Å²) < 4.78 is 12.1. The molecule has 0 saturated carbocycles. The molecule has 0 atom stereocenters. The lowest BCUT2D eigenvalue weighted by molar-refractivity contribution is 0.0996. The van der Waals surface area contributed by atoms with E-state index in [1.807, 2.05) is 31.2 Å². The lowest BCUT2D eigenvalue weighted by Crippen LogP contribution is -2.14. The van der Waals surface area contributed by atoms with Crippen LogP contribution in [0.15, 0.2) is 36.5 Å². The minimum Gasteiger partial charge on any atom is -0.488 e. The highest BCUT2D eigenvalue weighted by molar-refractivity contribution is 5.99. The number of ether oxygens (including phenoxy) is 2. The smallest absolute Gasteiger partial charge is 0.265 e. The standard InChI is InChI=1S/C20H23N3O3/c1-4-14(5-2)26-18-10-16(25-15-7-6-12(3)22-11-15)8-13-9-17(20(21)24)23-19(13)18/h6-11,14,23H,4-5H2,1-3H3,(H2,21,24). The number of aryl methyl sites for hydroxylation is 1. The maximum atomic E-state index is 11.5. The quantitative estimate of drug-likeness (QED) is 0.661. The molecule has 6 nitrogen and oxygen atoms in total. The molecule has 3 N–H and O–H groups in total. The average molecular weight is 353 g/mol. The van der Waals surface area contributed by atoms with E-state index in [2.05, 4.69) is 23.8 Å². The third kappa shape index (κ3) is 3.79. The number of carbonyl (C=O) groups excluding carboxylic acids is 1. The van der Waals surface area contributed by atoms with Crippen LogP contribution < -0.4 is 15.2 Å². The number of hydrogen-bond donors (Lipinski definition) is 2. The van der Waals surface area contributed by atoms with Crippen molar-refractivity contribution in [1.29, 1.82) is 0 Å². The molecule has 0 aliphatic heterocycles. The van der Waals surface area contributed by atoms with Gasteiger partial charge in [0, 0.05) is 17.1 Å². The lowest BCUT2D eigenvalue weighted by Gasteiger charge is -2.17. The van der Waals surface area contributed by atoms with Gasteiger partial charge in [-0.15, -0.1) is 0 Å². The number of aromatic amines is 1. The number of hydrogen-bond acceptors (Lipinski definition) is 4. The third-order valence-electron chi connectivity index (χ3n) is 4.26. The second-order valence-corrected chi connectivity index (χ2v) is 6.23. The Kier molecular flexibility index (Phi) is 5.11. The summed E-state index contributed by atoms with van der Waals surface area (Å²) in [4.78, 5) is 18.8. The molecule has 3 aromatic rings. The molecule has 0 bridgehead atoms.